The molecule has 2 amide bonds. The summed E-state index contributed by atoms with van der Waals surface area (Å²) in [4.78, 5) is 24.9. The molecule has 0 bridgehead atoms. The summed E-state index contributed by atoms with van der Waals surface area (Å²) in [5, 5.41) is 5.62. The molecule has 3 aromatic carbocycles. The molecule has 3 aromatic rings. The lowest BCUT2D eigenvalue weighted by atomic mass is 10.1. The summed E-state index contributed by atoms with van der Waals surface area (Å²) in [6, 6.07) is 19.4. The van der Waals surface area contributed by atoms with E-state index < -0.39 is 0 Å². The number of nitrogens with one attached hydrogen (secondary N) is 2. The first-order chi connectivity index (χ1) is 16.5. The number of methoxy groups -OCH3 is 2. The van der Waals surface area contributed by atoms with Crippen LogP contribution in [0.25, 0.3) is 0 Å². The minimum atomic E-state index is -0.359. The van der Waals surface area contributed by atoms with Crippen LogP contribution in [0.5, 0.6) is 23.0 Å². The molecular weight excluding hydrogens is 436 g/mol. The Balaban J connectivity index is 1.58. The van der Waals surface area contributed by atoms with E-state index in [0.29, 0.717) is 41.7 Å². The minimum absolute atomic E-state index is 0.240. The number of carbonyl (C=O) groups excluding carboxylic acids is 2. The van der Waals surface area contributed by atoms with Crippen LogP contribution in [0.1, 0.15) is 22.8 Å². The van der Waals surface area contributed by atoms with Gasteiger partial charge in [-0.2, -0.15) is 0 Å². The van der Waals surface area contributed by atoms with Crippen LogP contribution in [-0.2, 0) is 11.3 Å². The Kier molecular flexibility index (Phi) is 8.73. The summed E-state index contributed by atoms with van der Waals surface area (Å²) < 4.78 is 21.7. The highest BCUT2D eigenvalue weighted by atomic mass is 16.5. The molecule has 0 saturated carbocycles. The monoisotopic (exact) mass is 464 g/mol. The third-order valence-electron chi connectivity index (χ3n) is 4.83. The maximum Gasteiger partial charge on any atom is 0.262 e. The fourth-order valence-corrected chi connectivity index (χ4v) is 3.20. The largest absolute Gasteiger partial charge is 0.495 e. The average Bonchev–Trinajstić information content (AvgIpc) is 2.86. The molecular formula is C26H28N2O6. The van der Waals surface area contributed by atoms with E-state index in [9.17, 15) is 9.59 Å². The van der Waals surface area contributed by atoms with Crippen molar-refractivity contribution in [3.8, 4) is 23.0 Å². The summed E-state index contributed by atoms with van der Waals surface area (Å²) in [6.07, 6.45) is 0. The van der Waals surface area contributed by atoms with E-state index in [1.54, 1.807) is 36.4 Å². The van der Waals surface area contributed by atoms with Gasteiger partial charge in [0.15, 0.2) is 18.1 Å². The number of carbonyl (C=O) groups is 2. The van der Waals surface area contributed by atoms with E-state index in [2.05, 4.69) is 10.6 Å². The van der Waals surface area contributed by atoms with Crippen molar-refractivity contribution in [3.63, 3.8) is 0 Å². The molecule has 0 fully saturated rings. The highest BCUT2D eigenvalue weighted by molar-refractivity contribution is 5.95. The highest BCUT2D eigenvalue weighted by Crippen LogP contribution is 2.28. The number of para-hydroxylation sites is 2. The fourth-order valence-electron chi connectivity index (χ4n) is 3.20. The Labute approximate surface area is 198 Å². The van der Waals surface area contributed by atoms with Gasteiger partial charge in [0.25, 0.3) is 11.8 Å². The summed E-state index contributed by atoms with van der Waals surface area (Å²) in [5.74, 6) is 1.37. The molecule has 8 nitrogen and oxygen atoms in total. The van der Waals surface area contributed by atoms with E-state index in [1.165, 1.54) is 14.2 Å². The summed E-state index contributed by atoms with van der Waals surface area (Å²) in [7, 11) is 3.00. The number of hydrogen-bond donors (Lipinski definition) is 2. The molecule has 0 aliphatic heterocycles. The molecule has 0 aliphatic rings. The maximum atomic E-state index is 12.6. The molecule has 178 valence electrons. The highest BCUT2D eigenvalue weighted by Gasteiger charge is 2.13. The SMILES string of the molecule is CCOc1cccc(CNC(=O)c2ccc(OCC(=O)Nc3ccccc3OC)c(OC)c2)c1. The Morgan fingerprint density at radius 3 is 2.38 bits per heavy atom. The molecule has 8 heteroatoms. The quantitative estimate of drug-likeness (QED) is 0.445. The van der Waals surface area contributed by atoms with Gasteiger partial charge in [-0.05, 0) is 55.0 Å². The first kappa shape index (κ1) is 24.4. The van der Waals surface area contributed by atoms with Gasteiger partial charge in [-0.3, -0.25) is 9.59 Å². The maximum absolute atomic E-state index is 12.6. The van der Waals surface area contributed by atoms with Crippen molar-refractivity contribution in [2.24, 2.45) is 0 Å². The normalized spacial score (nSPS) is 10.2. The molecule has 3 rings (SSSR count). The summed E-state index contributed by atoms with van der Waals surface area (Å²) in [6.45, 7) is 2.60. The van der Waals surface area contributed by atoms with E-state index in [0.717, 1.165) is 11.3 Å². The van der Waals surface area contributed by atoms with Crippen molar-refractivity contribution in [1.29, 1.82) is 0 Å². The molecule has 0 aliphatic carbocycles. The van der Waals surface area contributed by atoms with Gasteiger partial charge in [0.05, 0.1) is 26.5 Å². The van der Waals surface area contributed by atoms with Crippen LogP contribution in [0.15, 0.2) is 66.7 Å². The lowest BCUT2D eigenvalue weighted by Gasteiger charge is -2.13. The van der Waals surface area contributed by atoms with Crippen molar-refractivity contribution < 1.29 is 28.5 Å². The van der Waals surface area contributed by atoms with Crippen molar-refractivity contribution in [3.05, 3.63) is 77.9 Å². The van der Waals surface area contributed by atoms with E-state index in [1.807, 2.05) is 37.3 Å². The average molecular weight is 465 g/mol. The van der Waals surface area contributed by atoms with Crippen molar-refractivity contribution >= 4 is 17.5 Å². The number of rotatable bonds is 11. The Morgan fingerprint density at radius 2 is 1.62 bits per heavy atom. The van der Waals surface area contributed by atoms with Crippen molar-refractivity contribution in [2.75, 3.05) is 32.8 Å². The number of ether oxygens (including phenoxy) is 4. The topological polar surface area (TPSA) is 95.1 Å². The summed E-state index contributed by atoms with van der Waals surface area (Å²) in [5.41, 5.74) is 1.88. The minimum Gasteiger partial charge on any atom is -0.495 e. The first-order valence-corrected chi connectivity index (χ1v) is 10.8. The number of hydrogen-bond acceptors (Lipinski definition) is 6. The Hall–Kier alpha value is -4.20. The molecule has 0 heterocycles. The van der Waals surface area contributed by atoms with Gasteiger partial charge in [-0.25, -0.2) is 0 Å². The van der Waals surface area contributed by atoms with E-state index >= 15 is 0 Å². The van der Waals surface area contributed by atoms with Crippen LogP contribution >= 0.6 is 0 Å². The van der Waals surface area contributed by atoms with Gasteiger partial charge in [0.2, 0.25) is 0 Å². The van der Waals surface area contributed by atoms with Crippen LogP contribution in [0.4, 0.5) is 5.69 Å². The predicted octanol–water partition coefficient (Wildman–Crippen LogP) is 4.05. The van der Waals surface area contributed by atoms with Gasteiger partial charge >= 0.3 is 0 Å². The van der Waals surface area contributed by atoms with Crippen LogP contribution in [0, 0.1) is 0 Å². The number of anilines is 1. The van der Waals surface area contributed by atoms with Gasteiger partial charge < -0.3 is 29.6 Å². The molecule has 0 saturated heterocycles. The zero-order chi connectivity index (χ0) is 24.3. The predicted molar refractivity (Wildman–Crippen MR) is 129 cm³/mol. The molecule has 0 spiro atoms. The van der Waals surface area contributed by atoms with Crippen LogP contribution in [0.2, 0.25) is 0 Å². The first-order valence-electron chi connectivity index (χ1n) is 10.8. The molecule has 0 atom stereocenters. The number of amides is 2. The van der Waals surface area contributed by atoms with Gasteiger partial charge in [0.1, 0.15) is 11.5 Å². The Morgan fingerprint density at radius 1 is 0.824 bits per heavy atom. The molecule has 0 unspecified atom stereocenters. The molecule has 2 N–H and O–H groups in total. The lowest BCUT2D eigenvalue weighted by Crippen LogP contribution is -2.23. The third-order valence-corrected chi connectivity index (χ3v) is 4.83. The van der Waals surface area contributed by atoms with Crippen LogP contribution in [-0.4, -0.2) is 39.2 Å². The van der Waals surface area contributed by atoms with E-state index in [-0.39, 0.29) is 18.4 Å². The smallest absolute Gasteiger partial charge is 0.262 e. The second-order valence-corrected chi connectivity index (χ2v) is 7.17. The zero-order valence-electron chi connectivity index (χ0n) is 19.4. The van der Waals surface area contributed by atoms with Crippen LogP contribution in [0.3, 0.4) is 0 Å². The molecule has 0 radical (unpaired) electrons. The lowest BCUT2D eigenvalue weighted by molar-refractivity contribution is -0.118. The van der Waals surface area contributed by atoms with E-state index in [4.69, 9.17) is 18.9 Å². The molecule has 0 aromatic heterocycles. The van der Waals surface area contributed by atoms with Crippen LogP contribution < -0.4 is 29.6 Å². The molecule has 34 heavy (non-hydrogen) atoms. The second-order valence-electron chi connectivity index (χ2n) is 7.17. The second kappa shape index (κ2) is 12.2. The van der Waals surface area contributed by atoms with Crippen molar-refractivity contribution in [2.45, 2.75) is 13.5 Å². The summed E-state index contributed by atoms with van der Waals surface area (Å²) >= 11 is 0. The van der Waals surface area contributed by atoms with Crippen molar-refractivity contribution in [1.82, 2.24) is 5.32 Å². The van der Waals surface area contributed by atoms with Gasteiger partial charge in [0, 0.05) is 12.1 Å². The standard InChI is InChI=1S/C26H28N2O6/c1-4-33-20-9-7-8-18(14-20)16-27-26(30)19-12-13-23(24(15-19)32-3)34-17-25(29)28-21-10-5-6-11-22(21)31-2/h5-15H,4,16-17H2,1-3H3,(H,27,30)(H,28,29). The van der Waals surface area contributed by atoms with Gasteiger partial charge in [-0.1, -0.05) is 24.3 Å². The Bertz CT molecular complexity index is 1130. The third kappa shape index (κ3) is 6.65. The zero-order valence-corrected chi connectivity index (χ0v) is 19.4. The fraction of sp³-hybridized carbons (Fsp3) is 0.231. The van der Waals surface area contributed by atoms with Gasteiger partial charge in [-0.15, -0.1) is 0 Å². The number of benzene rings is 3.